The van der Waals surface area contributed by atoms with E-state index >= 15 is 0 Å². The maximum atomic E-state index is 11.7. The molecule has 1 atom stereocenters. The van der Waals surface area contributed by atoms with Crippen molar-refractivity contribution in [3.8, 4) is 0 Å². The molecule has 0 radical (unpaired) electrons. The Kier molecular flexibility index (Phi) is 2.83. The number of nitrogens with zero attached hydrogens (tertiary/aromatic N) is 3. The van der Waals surface area contributed by atoms with Crippen molar-refractivity contribution in [1.29, 1.82) is 0 Å². The Bertz CT molecular complexity index is 543. The molecule has 0 aliphatic carbocycles. The predicted octanol–water partition coefficient (Wildman–Crippen LogP) is -5.09. The molecule has 1 aromatic rings. The number of hydrogen-bond acceptors (Lipinski definition) is 3. The maximum Gasteiger partial charge on any atom is 0.332 e. The summed E-state index contributed by atoms with van der Waals surface area (Å²) in [5, 5.41) is 0. The van der Waals surface area contributed by atoms with Crippen LogP contribution in [0.1, 0.15) is 0 Å². The van der Waals surface area contributed by atoms with Crippen molar-refractivity contribution in [3.05, 3.63) is 20.8 Å². The third-order valence-corrected chi connectivity index (χ3v) is 2.41. The van der Waals surface area contributed by atoms with Crippen molar-refractivity contribution >= 4 is 17.8 Å². The summed E-state index contributed by atoms with van der Waals surface area (Å²) < 4.78 is 2.47. The Labute approximate surface area is 91.9 Å². The molecule has 0 fully saturated rings. The molecule has 2 rings (SSSR count). The molecule has 2 heterocycles. The van der Waals surface area contributed by atoms with Gasteiger partial charge in [-0.2, -0.15) is 4.99 Å². The largest absolute Gasteiger partial charge is 1.00 e. The topological polar surface area (TPSA) is 60.8 Å². The lowest BCUT2D eigenvalue weighted by Crippen LogP contribution is -3.03. The lowest BCUT2D eigenvalue weighted by Gasteiger charge is -2.06. The van der Waals surface area contributed by atoms with E-state index in [4.69, 9.17) is 0 Å². The molecule has 1 aliphatic rings. The first-order chi connectivity index (χ1) is 6.54. The fourth-order valence-electron chi connectivity index (χ4n) is 1.55. The van der Waals surface area contributed by atoms with Gasteiger partial charge in [0.15, 0.2) is 6.34 Å². The number of nitrogens with one attached hydrogen (secondary N) is 1. The number of aliphatic imine (C=N–C) groups is 1. The number of fused-ring (bicyclic) bond motifs is 1. The van der Waals surface area contributed by atoms with E-state index in [2.05, 4.69) is 4.99 Å². The summed E-state index contributed by atoms with van der Waals surface area (Å²) in [6.07, 6.45) is 1.60. The summed E-state index contributed by atoms with van der Waals surface area (Å²) >= 11 is 0. The summed E-state index contributed by atoms with van der Waals surface area (Å²) in [4.78, 5) is 28.0. The second kappa shape index (κ2) is 3.63. The summed E-state index contributed by atoms with van der Waals surface area (Å²) in [5.41, 5.74) is -0.103. The van der Waals surface area contributed by atoms with Gasteiger partial charge in [-0.25, -0.2) is 4.79 Å². The van der Waals surface area contributed by atoms with Gasteiger partial charge in [-0.3, -0.25) is 18.8 Å². The van der Waals surface area contributed by atoms with Crippen LogP contribution in [0.4, 0.5) is 11.5 Å². The molecular formula is C8H11ClN4O2. The first-order valence-electron chi connectivity index (χ1n) is 4.22. The van der Waals surface area contributed by atoms with E-state index in [1.165, 1.54) is 11.6 Å². The minimum absolute atomic E-state index is 0. The van der Waals surface area contributed by atoms with Gasteiger partial charge in [-0.15, -0.1) is 0 Å². The maximum absolute atomic E-state index is 11.7. The highest BCUT2D eigenvalue weighted by molar-refractivity contribution is 5.68. The minimum Gasteiger partial charge on any atom is -1.00 e. The van der Waals surface area contributed by atoms with Crippen molar-refractivity contribution < 1.29 is 17.3 Å². The van der Waals surface area contributed by atoms with Gasteiger partial charge in [0.2, 0.25) is 11.5 Å². The number of aromatic nitrogens is 2. The molecule has 6 nitrogen and oxygen atoms in total. The summed E-state index contributed by atoms with van der Waals surface area (Å²) in [6.45, 7) is 0. The standard InChI is InChI=1S/C8H10N4O2.ClH/c1-10-4-9-6-5(10)7(13)12(3)8(14)11(6)2;/h4H,1-3H3;1H. The highest BCUT2D eigenvalue weighted by Gasteiger charge is 2.26. The molecule has 0 amide bonds. The molecule has 0 bridgehead atoms. The van der Waals surface area contributed by atoms with Gasteiger partial charge in [0.1, 0.15) is 0 Å². The average molecular weight is 231 g/mol. The van der Waals surface area contributed by atoms with Crippen LogP contribution in [0.2, 0.25) is 0 Å². The molecule has 82 valence electrons. The van der Waals surface area contributed by atoms with Crippen LogP contribution in [0.25, 0.3) is 0 Å². The van der Waals surface area contributed by atoms with E-state index in [0.717, 1.165) is 9.47 Å². The molecule has 1 aliphatic heterocycles. The van der Waals surface area contributed by atoms with Gasteiger partial charge < -0.3 is 12.4 Å². The number of quaternary nitrogens is 1. The van der Waals surface area contributed by atoms with E-state index in [1.807, 2.05) is 0 Å². The van der Waals surface area contributed by atoms with E-state index in [-0.39, 0.29) is 23.7 Å². The van der Waals surface area contributed by atoms with Crippen molar-refractivity contribution in [1.82, 2.24) is 9.13 Å². The molecule has 0 aromatic carbocycles. The highest BCUT2D eigenvalue weighted by Crippen LogP contribution is 2.15. The fraction of sp³-hybridized carbons (Fsp3) is 0.375. The highest BCUT2D eigenvalue weighted by atomic mass is 35.5. The smallest absolute Gasteiger partial charge is 0.332 e. The van der Waals surface area contributed by atoms with Crippen LogP contribution in [0.15, 0.2) is 14.6 Å². The Morgan fingerprint density at radius 1 is 1.27 bits per heavy atom. The lowest BCUT2D eigenvalue weighted by molar-refractivity contribution is -0.694. The molecule has 1 unspecified atom stereocenters. The second-order valence-electron chi connectivity index (χ2n) is 3.35. The van der Waals surface area contributed by atoms with Gasteiger partial charge in [0, 0.05) is 14.1 Å². The summed E-state index contributed by atoms with van der Waals surface area (Å²) in [5.74, 6) is 0.454. The SMILES string of the molecule is Cn1c2c(c(=O)n(C)c1=O)[NH+](C)C=N2.[Cl-]. The van der Waals surface area contributed by atoms with Gasteiger partial charge in [0.25, 0.3) is 0 Å². The molecule has 1 N–H and O–H groups in total. The van der Waals surface area contributed by atoms with Crippen LogP contribution in [-0.2, 0) is 14.1 Å². The lowest BCUT2D eigenvalue weighted by atomic mass is 10.4. The zero-order valence-corrected chi connectivity index (χ0v) is 9.37. The van der Waals surface area contributed by atoms with E-state index in [0.29, 0.717) is 11.5 Å². The monoisotopic (exact) mass is 230 g/mol. The van der Waals surface area contributed by atoms with E-state index in [1.54, 1.807) is 20.4 Å². The summed E-state index contributed by atoms with van der Waals surface area (Å²) in [7, 11) is 4.88. The zero-order valence-electron chi connectivity index (χ0n) is 8.61. The molecule has 7 heteroatoms. The van der Waals surface area contributed by atoms with Crippen LogP contribution in [-0.4, -0.2) is 22.5 Å². The number of halogens is 1. The van der Waals surface area contributed by atoms with Gasteiger partial charge in [-0.05, 0) is 0 Å². The van der Waals surface area contributed by atoms with Crippen LogP contribution in [0.5, 0.6) is 0 Å². The van der Waals surface area contributed by atoms with Crippen LogP contribution in [0, 0.1) is 0 Å². The average Bonchev–Trinajstić information content (AvgIpc) is 2.54. The molecular weight excluding hydrogens is 220 g/mol. The van der Waals surface area contributed by atoms with Crippen LogP contribution in [0.3, 0.4) is 0 Å². The minimum atomic E-state index is -0.347. The predicted molar refractivity (Wildman–Crippen MR) is 51.6 cm³/mol. The number of rotatable bonds is 0. The van der Waals surface area contributed by atoms with Crippen molar-refractivity contribution in [2.24, 2.45) is 19.1 Å². The van der Waals surface area contributed by atoms with E-state index in [9.17, 15) is 9.59 Å². The molecule has 15 heavy (non-hydrogen) atoms. The van der Waals surface area contributed by atoms with Crippen molar-refractivity contribution in [2.45, 2.75) is 0 Å². The van der Waals surface area contributed by atoms with Crippen LogP contribution < -0.4 is 28.6 Å². The Morgan fingerprint density at radius 2 is 1.87 bits per heavy atom. The molecule has 0 saturated carbocycles. The summed E-state index contributed by atoms with van der Waals surface area (Å²) in [6, 6.07) is 0. The molecule has 1 aromatic heterocycles. The van der Waals surface area contributed by atoms with Crippen LogP contribution >= 0.6 is 0 Å². The van der Waals surface area contributed by atoms with Crippen molar-refractivity contribution in [3.63, 3.8) is 0 Å². The van der Waals surface area contributed by atoms with Crippen molar-refractivity contribution in [2.75, 3.05) is 7.05 Å². The van der Waals surface area contributed by atoms with Gasteiger partial charge in [-0.1, -0.05) is 0 Å². The van der Waals surface area contributed by atoms with E-state index < -0.39 is 0 Å². The first kappa shape index (κ1) is 11.7. The molecule has 0 spiro atoms. The van der Waals surface area contributed by atoms with Gasteiger partial charge in [0.05, 0.1) is 7.05 Å². The normalized spacial score (nSPS) is 17.4. The fourth-order valence-corrected chi connectivity index (χ4v) is 1.55. The third kappa shape index (κ3) is 1.42. The second-order valence-corrected chi connectivity index (χ2v) is 3.35. The zero-order chi connectivity index (χ0) is 10.5. The first-order valence-corrected chi connectivity index (χ1v) is 4.22. The Morgan fingerprint density at radius 3 is 2.47 bits per heavy atom. The third-order valence-electron chi connectivity index (χ3n) is 2.41. The molecule has 0 saturated heterocycles. The Balaban J connectivity index is 0.00000112. The van der Waals surface area contributed by atoms with Gasteiger partial charge >= 0.3 is 11.2 Å². The number of hydrogen-bond donors (Lipinski definition) is 1. The Hall–Kier alpha value is -1.40. The quantitative estimate of drug-likeness (QED) is 0.485.